The van der Waals surface area contributed by atoms with Crippen LogP contribution in [0.5, 0.6) is 0 Å². The van der Waals surface area contributed by atoms with E-state index in [-0.39, 0.29) is 17.5 Å². The lowest BCUT2D eigenvalue weighted by Crippen LogP contribution is -2.39. The van der Waals surface area contributed by atoms with Gasteiger partial charge < -0.3 is 14.5 Å². The fourth-order valence-corrected chi connectivity index (χ4v) is 3.52. The number of pyridine rings is 1. The third-order valence-electron chi connectivity index (χ3n) is 4.99. The summed E-state index contributed by atoms with van der Waals surface area (Å²) in [7, 11) is 0. The molecule has 1 aromatic heterocycles. The Kier molecular flexibility index (Phi) is 5.99. The van der Waals surface area contributed by atoms with Gasteiger partial charge in [-0.15, -0.1) is 0 Å². The molecule has 0 bridgehead atoms. The lowest BCUT2D eigenvalue weighted by molar-refractivity contribution is -0.141. The van der Waals surface area contributed by atoms with Gasteiger partial charge in [0, 0.05) is 19.6 Å². The highest BCUT2D eigenvalue weighted by Gasteiger charge is 2.34. The van der Waals surface area contributed by atoms with Crippen LogP contribution < -0.4 is 4.90 Å². The van der Waals surface area contributed by atoms with Crippen LogP contribution in [-0.2, 0) is 10.9 Å². The number of nitriles is 1. The normalized spacial score (nSPS) is 19.7. The first-order valence-electron chi connectivity index (χ1n) is 9.04. The largest absolute Gasteiger partial charge is 0.433 e. The number of hydrogen-bond acceptors (Lipinski definition) is 5. The van der Waals surface area contributed by atoms with E-state index < -0.39 is 11.9 Å². The topological polar surface area (TPSA) is 52.4 Å². The van der Waals surface area contributed by atoms with Gasteiger partial charge in [-0.1, -0.05) is 0 Å². The molecular weight excluding hydrogens is 345 g/mol. The van der Waals surface area contributed by atoms with Gasteiger partial charge in [-0.05, 0) is 50.9 Å². The molecule has 0 amide bonds. The first-order chi connectivity index (χ1) is 12.5. The van der Waals surface area contributed by atoms with Crippen molar-refractivity contribution in [2.75, 3.05) is 44.2 Å². The lowest BCUT2D eigenvalue weighted by atomic mass is 10.1. The number of alkyl halides is 3. The highest BCUT2D eigenvalue weighted by atomic mass is 19.4. The first kappa shape index (κ1) is 18.9. The fourth-order valence-electron chi connectivity index (χ4n) is 3.52. The number of nitrogens with zero attached hydrogens (tertiary/aromatic N) is 4. The smallest absolute Gasteiger partial charge is 0.377 e. The average molecular weight is 368 g/mol. The van der Waals surface area contributed by atoms with Crippen molar-refractivity contribution in [1.29, 1.82) is 5.26 Å². The van der Waals surface area contributed by atoms with E-state index in [1.807, 2.05) is 6.07 Å². The Balaban J connectivity index is 1.54. The van der Waals surface area contributed by atoms with E-state index in [9.17, 15) is 18.4 Å². The van der Waals surface area contributed by atoms with Crippen molar-refractivity contribution in [2.45, 2.75) is 38.0 Å². The maximum Gasteiger partial charge on any atom is 0.433 e. The van der Waals surface area contributed by atoms with Crippen LogP contribution in [0, 0.1) is 11.3 Å². The third kappa shape index (κ3) is 4.65. The second-order valence-corrected chi connectivity index (χ2v) is 6.78. The average Bonchev–Trinajstić information content (AvgIpc) is 3.14. The van der Waals surface area contributed by atoms with Gasteiger partial charge >= 0.3 is 6.18 Å². The summed E-state index contributed by atoms with van der Waals surface area (Å²) < 4.78 is 44.7. The summed E-state index contributed by atoms with van der Waals surface area (Å²) in [6.45, 7) is 4.98. The molecule has 2 saturated heterocycles. The van der Waals surface area contributed by atoms with Crippen LogP contribution in [0.3, 0.4) is 0 Å². The fraction of sp³-hybridized carbons (Fsp3) is 0.667. The van der Waals surface area contributed by atoms with Gasteiger partial charge in [-0.25, -0.2) is 4.98 Å². The molecule has 26 heavy (non-hydrogen) atoms. The van der Waals surface area contributed by atoms with Gasteiger partial charge in [0.15, 0.2) is 0 Å². The highest BCUT2D eigenvalue weighted by molar-refractivity contribution is 5.54. The van der Waals surface area contributed by atoms with Gasteiger partial charge in [-0.2, -0.15) is 18.4 Å². The first-order valence-corrected chi connectivity index (χ1v) is 9.04. The Hall–Kier alpha value is -1.85. The number of ether oxygens (including phenoxy) is 1. The zero-order valence-electron chi connectivity index (χ0n) is 14.6. The summed E-state index contributed by atoms with van der Waals surface area (Å²) >= 11 is 0. The summed E-state index contributed by atoms with van der Waals surface area (Å²) in [6.07, 6.45) is -0.441. The predicted octanol–water partition coefficient (Wildman–Crippen LogP) is 3.05. The molecule has 2 aliphatic rings. The highest BCUT2D eigenvalue weighted by Crippen LogP contribution is 2.31. The summed E-state index contributed by atoms with van der Waals surface area (Å²) in [4.78, 5) is 7.86. The lowest BCUT2D eigenvalue weighted by Gasteiger charge is -2.33. The molecule has 0 aromatic carbocycles. The van der Waals surface area contributed by atoms with E-state index in [4.69, 9.17) is 4.74 Å². The number of rotatable bonds is 5. The molecule has 0 saturated carbocycles. The van der Waals surface area contributed by atoms with Crippen LogP contribution in [0.25, 0.3) is 0 Å². The third-order valence-corrected chi connectivity index (χ3v) is 4.99. The van der Waals surface area contributed by atoms with Crippen molar-refractivity contribution in [3.8, 4) is 6.07 Å². The van der Waals surface area contributed by atoms with E-state index in [0.29, 0.717) is 19.7 Å². The number of hydrogen-bond donors (Lipinski definition) is 0. The van der Waals surface area contributed by atoms with Gasteiger partial charge in [0.05, 0.1) is 18.3 Å². The summed E-state index contributed by atoms with van der Waals surface area (Å²) in [5, 5.41) is 9.19. The van der Waals surface area contributed by atoms with E-state index in [0.717, 1.165) is 38.5 Å². The maximum absolute atomic E-state index is 12.9. The number of anilines is 1. The zero-order chi connectivity index (χ0) is 18.6. The minimum absolute atomic E-state index is 0.116. The van der Waals surface area contributed by atoms with Crippen molar-refractivity contribution >= 4 is 5.82 Å². The van der Waals surface area contributed by atoms with Crippen LogP contribution in [0.15, 0.2) is 12.1 Å². The molecule has 0 spiro atoms. The van der Waals surface area contributed by atoms with Crippen LogP contribution >= 0.6 is 0 Å². The van der Waals surface area contributed by atoms with E-state index in [1.54, 1.807) is 4.90 Å². The van der Waals surface area contributed by atoms with E-state index in [2.05, 4.69) is 9.88 Å². The number of halogens is 3. The quantitative estimate of drug-likeness (QED) is 0.800. The molecule has 5 nitrogen and oxygen atoms in total. The Labute approximate surface area is 151 Å². The molecule has 0 radical (unpaired) electrons. The number of piperidine rings is 1. The minimum Gasteiger partial charge on any atom is -0.377 e. The van der Waals surface area contributed by atoms with Crippen LogP contribution in [0.4, 0.5) is 19.0 Å². The molecular formula is C18H23F3N4O. The Morgan fingerprint density at radius 2 is 1.85 bits per heavy atom. The second-order valence-electron chi connectivity index (χ2n) is 6.78. The van der Waals surface area contributed by atoms with Crippen molar-refractivity contribution in [3.63, 3.8) is 0 Å². The molecule has 3 rings (SSSR count). The van der Waals surface area contributed by atoms with Crippen molar-refractivity contribution in [1.82, 2.24) is 9.88 Å². The second kappa shape index (κ2) is 8.23. The maximum atomic E-state index is 12.9. The molecule has 0 N–H and O–H groups in total. The van der Waals surface area contributed by atoms with Crippen LogP contribution in [0.1, 0.15) is 36.9 Å². The van der Waals surface area contributed by atoms with Gasteiger partial charge in [-0.3, -0.25) is 0 Å². The predicted molar refractivity (Wildman–Crippen MR) is 90.8 cm³/mol. The monoisotopic (exact) mass is 368 g/mol. The molecule has 0 atom stereocenters. The van der Waals surface area contributed by atoms with Crippen LogP contribution in [0.2, 0.25) is 0 Å². The minimum atomic E-state index is -4.51. The molecule has 142 valence electrons. The molecule has 0 unspecified atom stereocenters. The van der Waals surface area contributed by atoms with Crippen molar-refractivity contribution in [2.24, 2.45) is 0 Å². The zero-order valence-corrected chi connectivity index (χ0v) is 14.6. The molecule has 2 fully saturated rings. The van der Waals surface area contributed by atoms with Crippen molar-refractivity contribution < 1.29 is 17.9 Å². The molecule has 1 aromatic rings. The number of aromatic nitrogens is 1. The Bertz CT molecular complexity index is 645. The standard InChI is InChI=1S/C18H23F3N4O/c19-18(20,21)16-4-3-14(13-22)17(23-16)25-9-5-15(6-10-25)26-12-11-24-7-1-2-8-24/h3-4,15H,1-2,5-12H2. The van der Waals surface area contributed by atoms with Gasteiger partial charge in [0.25, 0.3) is 0 Å². The summed E-state index contributed by atoms with van der Waals surface area (Å²) in [5.41, 5.74) is -0.790. The summed E-state index contributed by atoms with van der Waals surface area (Å²) in [6, 6.07) is 4.00. The Morgan fingerprint density at radius 1 is 1.15 bits per heavy atom. The summed E-state index contributed by atoms with van der Waals surface area (Å²) in [5.74, 6) is 0.123. The number of likely N-dealkylation sites (tertiary alicyclic amines) is 1. The van der Waals surface area contributed by atoms with Gasteiger partial charge in [0.2, 0.25) is 0 Å². The Morgan fingerprint density at radius 3 is 2.46 bits per heavy atom. The van der Waals surface area contributed by atoms with E-state index in [1.165, 1.54) is 18.9 Å². The van der Waals surface area contributed by atoms with Gasteiger partial charge in [0.1, 0.15) is 17.6 Å². The van der Waals surface area contributed by atoms with E-state index >= 15 is 0 Å². The molecule has 8 heteroatoms. The van der Waals surface area contributed by atoms with Crippen LogP contribution in [-0.4, -0.2) is 55.3 Å². The van der Waals surface area contributed by atoms with Crippen molar-refractivity contribution in [3.05, 3.63) is 23.4 Å². The SMILES string of the molecule is N#Cc1ccc(C(F)(F)F)nc1N1CCC(OCCN2CCCC2)CC1. The molecule has 3 heterocycles. The molecule has 2 aliphatic heterocycles. The molecule has 0 aliphatic carbocycles.